The maximum Gasteiger partial charge on any atom is 0.317 e. The molecule has 1 aliphatic rings. The lowest BCUT2D eigenvalue weighted by Crippen LogP contribution is -2.51. The van der Waals surface area contributed by atoms with E-state index in [1.165, 1.54) is 11.3 Å². The lowest BCUT2D eigenvalue weighted by molar-refractivity contribution is 0.194. The number of carbonyl (C=O) groups excluding carboxylic acids is 1. The topological polar surface area (TPSA) is 38.8 Å². The van der Waals surface area contributed by atoms with Gasteiger partial charge in [0, 0.05) is 58.2 Å². The molecule has 1 aliphatic heterocycles. The fourth-order valence-electron chi connectivity index (χ4n) is 3.19. The van der Waals surface area contributed by atoms with Gasteiger partial charge >= 0.3 is 6.03 Å². The molecule has 0 radical (unpaired) electrons. The fraction of sp³-hybridized carbons (Fsp3) is 0.381. The number of rotatable bonds is 4. The molecule has 0 spiro atoms. The second-order valence-corrected chi connectivity index (χ2v) is 7.03. The normalized spacial score (nSPS) is 14.3. The van der Waals surface area contributed by atoms with Crippen molar-refractivity contribution in [2.24, 2.45) is 0 Å². The van der Waals surface area contributed by atoms with E-state index in [4.69, 9.17) is 0 Å². The Kier molecular flexibility index (Phi) is 5.66. The summed E-state index contributed by atoms with van der Waals surface area (Å²) in [6, 6.07) is 16.8. The molecule has 138 valence electrons. The summed E-state index contributed by atoms with van der Waals surface area (Å²) in [7, 11) is 4.04. The van der Waals surface area contributed by atoms with Gasteiger partial charge in [0.15, 0.2) is 0 Å². The minimum absolute atomic E-state index is 0.0191. The monoisotopic (exact) mass is 352 g/mol. The summed E-state index contributed by atoms with van der Waals surface area (Å²) in [5.41, 5.74) is 4.78. The third-order valence-electron chi connectivity index (χ3n) is 4.83. The molecule has 5 nitrogen and oxygen atoms in total. The first kappa shape index (κ1) is 18.1. The molecule has 1 N–H and O–H groups in total. The Labute approximate surface area is 156 Å². The van der Waals surface area contributed by atoms with Crippen molar-refractivity contribution in [2.75, 3.05) is 50.1 Å². The van der Waals surface area contributed by atoms with Gasteiger partial charge in [0.1, 0.15) is 0 Å². The largest absolute Gasteiger partial charge is 0.378 e. The van der Waals surface area contributed by atoms with Crippen LogP contribution in [0.1, 0.15) is 11.1 Å². The maximum absolute atomic E-state index is 12.4. The maximum atomic E-state index is 12.4. The van der Waals surface area contributed by atoms with Crippen molar-refractivity contribution in [3.63, 3.8) is 0 Å². The standard InChI is InChI=1S/C21H28N4O/c1-17-5-4-6-20(15-17)24-11-13-25(14-12-24)21(26)22-16-18-7-9-19(10-8-18)23(2)3/h4-10,15H,11-14,16H2,1-3H3,(H,22,26). The number of piperazine rings is 1. The van der Waals surface area contributed by atoms with Crippen LogP contribution in [0.25, 0.3) is 0 Å². The Bertz CT molecular complexity index is 734. The van der Waals surface area contributed by atoms with Gasteiger partial charge in [-0.3, -0.25) is 0 Å². The summed E-state index contributed by atoms with van der Waals surface area (Å²) in [5.74, 6) is 0. The first-order valence-electron chi connectivity index (χ1n) is 9.13. The highest BCUT2D eigenvalue weighted by molar-refractivity contribution is 5.74. The van der Waals surface area contributed by atoms with Crippen LogP contribution in [-0.4, -0.2) is 51.2 Å². The molecule has 5 heteroatoms. The van der Waals surface area contributed by atoms with E-state index in [2.05, 4.69) is 70.6 Å². The van der Waals surface area contributed by atoms with Gasteiger partial charge in [-0.1, -0.05) is 24.3 Å². The lowest BCUT2D eigenvalue weighted by Gasteiger charge is -2.36. The van der Waals surface area contributed by atoms with E-state index in [-0.39, 0.29) is 6.03 Å². The zero-order chi connectivity index (χ0) is 18.5. The van der Waals surface area contributed by atoms with Gasteiger partial charge < -0.3 is 20.0 Å². The minimum atomic E-state index is 0.0191. The van der Waals surface area contributed by atoms with E-state index in [1.54, 1.807) is 0 Å². The average molecular weight is 352 g/mol. The van der Waals surface area contributed by atoms with Crippen LogP contribution in [0.4, 0.5) is 16.2 Å². The van der Waals surface area contributed by atoms with Gasteiger partial charge in [0.05, 0.1) is 0 Å². The number of aryl methyl sites for hydroxylation is 1. The second-order valence-electron chi connectivity index (χ2n) is 7.03. The highest BCUT2D eigenvalue weighted by atomic mass is 16.2. The summed E-state index contributed by atoms with van der Waals surface area (Å²) < 4.78 is 0. The van der Waals surface area contributed by atoms with Crippen molar-refractivity contribution < 1.29 is 4.79 Å². The molecule has 0 unspecified atom stereocenters. The molecule has 0 bridgehead atoms. The number of hydrogen-bond donors (Lipinski definition) is 1. The Morgan fingerprint density at radius 3 is 2.35 bits per heavy atom. The molecule has 0 saturated carbocycles. The highest BCUT2D eigenvalue weighted by Crippen LogP contribution is 2.18. The van der Waals surface area contributed by atoms with Gasteiger partial charge in [-0.25, -0.2) is 4.79 Å². The number of hydrogen-bond acceptors (Lipinski definition) is 3. The first-order chi connectivity index (χ1) is 12.5. The van der Waals surface area contributed by atoms with E-state index in [0.717, 1.165) is 37.4 Å². The molecule has 1 fully saturated rings. The zero-order valence-electron chi connectivity index (χ0n) is 15.9. The van der Waals surface area contributed by atoms with E-state index in [9.17, 15) is 4.79 Å². The molecule has 2 aromatic carbocycles. The number of nitrogens with one attached hydrogen (secondary N) is 1. The van der Waals surface area contributed by atoms with Crippen molar-refractivity contribution in [3.05, 3.63) is 59.7 Å². The Hall–Kier alpha value is -2.69. The van der Waals surface area contributed by atoms with E-state index >= 15 is 0 Å². The van der Waals surface area contributed by atoms with Crippen molar-refractivity contribution in [2.45, 2.75) is 13.5 Å². The lowest BCUT2D eigenvalue weighted by atomic mass is 10.2. The Balaban J connectivity index is 1.47. The molecule has 2 amide bonds. The third kappa shape index (κ3) is 4.48. The predicted molar refractivity (Wildman–Crippen MR) is 108 cm³/mol. The predicted octanol–water partition coefficient (Wildman–Crippen LogP) is 3.09. The quantitative estimate of drug-likeness (QED) is 0.919. The highest BCUT2D eigenvalue weighted by Gasteiger charge is 2.21. The van der Waals surface area contributed by atoms with Crippen LogP contribution < -0.4 is 15.1 Å². The average Bonchev–Trinajstić information content (AvgIpc) is 2.66. The molecule has 0 aliphatic carbocycles. The number of benzene rings is 2. The number of amides is 2. The van der Waals surface area contributed by atoms with E-state index in [0.29, 0.717) is 6.54 Å². The number of urea groups is 1. The van der Waals surface area contributed by atoms with Gasteiger partial charge in [0.2, 0.25) is 0 Å². The van der Waals surface area contributed by atoms with Gasteiger partial charge in [0.25, 0.3) is 0 Å². The van der Waals surface area contributed by atoms with Crippen molar-refractivity contribution in [3.8, 4) is 0 Å². The van der Waals surface area contributed by atoms with Gasteiger partial charge in [-0.15, -0.1) is 0 Å². The van der Waals surface area contributed by atoms with E-state index < -0.39 is 0 Å². The van der Waals surface area contributed by atoms with Crippen LogP contribution in [-0.2, 0) is 6.54 Å². The summed E-state index contributed by atoms with van der Waals surface area (Å²) in [4.78, 5) is 18.7. The Morgan fingerprint density at radius 1 is 1.04 bits per heavy atom. The van der Waals surface area contributed by atoms with Crippen molar-refractivity contribution >= 4 is 17.4 Å². The Morgan fingerprint density at radius 2 is 1.73 bits per heavy atom. The molecule has 1 heterocycles. The molecule has 3 rings (SSSR count). The van der Waals surface area contributed by atoms with Crippen LogP contribution in [0.15, 0.2) is 48.5 Å². The summed E-state index contributed by atoms with van der Waals surface area (Å²) >= 11 is 0. The molecular formula is C21H28N4O. The number of nitrogens with zero attached hydrogens (tertiary/aromatic N) is 3. The molecule has 2 aromatic rings. The van der Waals surface area contributed by atoms with E-state index in [1.807, 2.05) is 19.0 Å². The van der Waals surface area contributed by atoms with Crippen molar-refractivity contribution in [1.29, 1.82) is 0 Å². The summed E-state index contributed by atoms with van der Waals surface area (Å²) in [6.45, 7) is 5.91. The van der Waals surface area contributed by atoms with Gasteiger partial charge in [-0.05, 0) is 42.3 Å². The number of carbonyl (C=O) groups is 1. The summed E-state index contributed by atoms with van der Waals surface area (Å²) in [5, 5.41) is 3.04. The molecule has 26 heavy (non-hydrogen) atoms. The molecule has 0 atom stereocenters. The zero-order valence-corrected chi connectivity index (χ0v) is 15.9. The minimum Gasteiger partial charge on any atom is -0.378 e. The summed E-state index contributed by atoms with van der Waals surface area (Å²) in [6.07, 6.45) is 0. The van der Waals surface area contributed by atoms with Crippen molar-refractivity contribution in [1.82, 2.24) is 10.2 Å². The van der Waals surface area contributed by atoms with Crippen LogP contribution >= 0.6 is 0 Å². The molecular weight excluding hydrogens is 324 g/mol. The van der Waals surface area contributed by atoms with Crippen LogP contribution in [0.3, 0.4) is 0 Å². The van der Waals surface area contributed by atoms with Crippen LogP contribution in [0.2, 0.25) is 0 Å². The SMILES string of the molecule is Cc1cccc(N2CCN(C(=O)NCc3ccc(N(C)C)cc3)CC2)c1. The van der Waals surface area contributed by atoms with Gasteiger partial charge in [-0.2, -0.15) is 0 Å². The van der Waals surface area contributed by atoms with Crippen LogP contribution in [0, 0.1) is 6.92 Å². The smallest absolute Gasteiger partial charge is 0.317 e. The fourth-order valence-corrected chi connectivity index (χ4v) is 3.19. The first-order valence-corrected chi connectivity index (χ1v) is 9.13. The molecule has 1 saturated heterocycles. The number of anilines is 2. The second kappa shape index (κ2) is 8.13. The third-order valence-corrected chi connectivity index (χ3v) is 4.83. The molecule has 0 aromatic heterocycles. The van der Waals surface area contributed by atoms with Crippen LogP contribution in [0.5, 0.6) is 0 Å².